The third-order valence-corrected chi connectivity index (χ3v) is 5.95. The van der Waals surface area contributed by atoms with E-state index in [1.807, 2.05) is 47.8 Å². The van der Waals surface area contributed by atoms with Crippen LogP contribution in [0.3, 0.4) is 0 Å². The molecule has 30 heavy (non-hydrogen) atoms. The first-order chi connectivity index (χ1) is 14.7. The molecule has 0 radical (unpaired) electrons. The van der Waals surface area contributed by atoms with Crippen LogP contribution in [0.5, 0.6) is 5.75 Å². The lowest BCUT2D eigenvalue weighted by Crippen LogP contribution is -2.48. The average molecular weight is 423 g/mol. The van der Waals surface area contributed by atoms with Gasteiger partial charge in [-0.05, 0) is 17.7 Å². The maximum absolute atomic E-state index is 12.5. The predicted octanol–water partition coefficient (Wildman–Crippen LogP) is 3.58. The van der Waals surface area contributed by atoms with E-state index in [0.717, 1.165) is 49.7 Å². The fourth-order valence-electron chi connectivity index (χ4n) is 3.57. The molecule has 0 atom stereocenters. The Labute approximate surface area is 181 Å². The Morgan fingerprint density at radius 2 is 1.83 bits per heavy atom. The van der Waals surface area contributed by atoms with Gasteiger partial charge in [-0.3, -0.25) is 14.6 Å². The highest BCUT2D eigenvalue weighted by Crippen LogP contribution is 2.24. The van der Waals surface area contributed by atoms with Crippen molar-refractivity contribution in [3.05, 3.63) is 65.5 Å². The molecule has 4 rings (SSSR count). The molecule has 6 nitrogen and oxygen atoms in total. The number of nitrogens with zero attached hydrogens (tertiary/aromatic N) is 3. The van der Waals surface area contributed by atoms with Gasteiger partial charge in [0.15, 0.2) is 5.13 Å². The first kappa shape index (κ1) is 20.5. The molecule has 0 aliphatic carbocycles. The summed E-state index contributed by atoms with van der Waals surface area (Å²) in [5.74, 6) is 0.880. The number of ether oxygens (including phenoxy) is 1. The number of thiazole rings is 1. The quantitative estimate of drug-likeness (QED) is 0.631. The molecule has 2 heterocycles. The number of carbonyl (C=O) groups is 1. The third kappa shape index (κ3) is 5.44. The first-order valence-corrected chi connectivity index (χ1v) is 11.0. The van der Waals surface area contributed by atoms with Crippen molar-refractivity contribution in [3.8, 4) is 17.0 Å². The molecule has 1 aliphatic rings. The van der Waals surface area contributed by atoms with E-state index >= 15 is 0 Å². The average Bonchev–Trinajstić information content (AvgIpc) is 3.24. The highest BCUT2D eigenvalue weighted by molar-refractivity contribution is 7.14. The van der Waals surface area contributed by atoms with E-state index in [2.05, 4.69) is 32.2 Å². The minimum atomic E-state index is -0.00907. The zero-order valence-electron chi connectivity index (χ0n) is 17.1. The predicted molar refractivity (Wildman–Crippen MR) is 121 cm³/mol. The summed E-state index contributed by atoms with van der Waals surface area (Å²) in [6.45, 7) is 4.95. The van der Waals surface area contributed by atoms with Crippen molar-refractivity contribution >= 4 is 22.4 Å². The molecular formula is C23H26N4O2S. The molecule has 1 fully saturated rings. The molecule has 7 heteroatoms. The molecule has 0 spiro atoms. The fraction of sp³-hybridized carbons (Fsp3) is 0.304. The summed E-state index contributed by atoms with van der Waals surface area (Å²) in [6.07, 6.45) is 0. The van der Waals surface area contributed by atoms with E-state index in [4.69, 9.17) is 4.74 Å². The van der Waals surface area contributed by atoms with E-state index in [1.165, 1.54) is 16.9 Å². The molecule has 3 aromatic rings. The Balaban J connectivity index is 1.23. The first-order valence-electron chi connectivity index (χ1n) is 10.1. The number of piperazine rings is 1. The van der Waals surface area contributed by atoms with E-state index < -0.39 is 0 Å². The molecule has 1 saturated heterocycles. The summed E-state index contributed by atoms with van der Waals surface area (Å²) in [6, 6.07) is 18.2. The van der Waals surface area contributed by atoms with Crippen molar-refractivity contribution in [1.29, 1.82) is 0 Å². The van der Waals surface area contributed by atoms with E-state index in [-0.39, 0.29) is 5.91 Å². The molecule has 2 aromatic carbocycles. The van der Waals surface area contributed by atoms with Crippen molar-refractivity contribution in [2.45, 2.75) is 6.54 Å². The van der Waals surface area contributed by atoms with Crippen LogP contribution < -0.4 is 10.1 Å². The van der Waals surface area contributed by atoms with E-state index in [0.29, 0.717) is 11.7 Å². The summed E-state index contributed by atoms with van der Waals surface area (Å²) in [5, 5.41) is 5.57. The topological polar surface area (TPSA) is 57.7 Å². The van der Waals surface area contributed by atoms with Gasteiger partial charge in [-0.2, -0.15) is 0 Å². The third-order valence-electron chi connectivity index (χ3n) is 5.19. The number of aromatic nitrogens is 1. The summed E-state index contributed by atoms with van der Waals surface area (Å²) in [7, 11) is 1.69. The molecule has 1 N–H and O–H groups in total. The monoisotopic (exact) mass is 422 g/mol. The van der Waals surface area contributed by atoms with Crippen LogP contribution in [0.4, 0.5) is 5.13 Å². The van der Waals surface area contributed by atoms with Crippen molar-refractivity contribution in [2.24, 2.45) is 0 Å². The van der Waals surface area contributed by atoms with Gasteiger partial charge >= 0.3 is 0 Å². The summed E-state index contributed by atoms with van der Waals surface area (Å²) < 4.78 is 5.30. The summed E-state index contributed by atoms with van der Waals surface area (Å²) >= 11 is 1.46. The van der Waals surface area contributed by atoms with Crippen LogP contribution in [0.1, 0.15) is 5.56 Å². The van der Waals surface area contributed by atoms with Gasteiger partial charge in [0.25, 0.3) is 0 Å². The van der Waals surface area contributed by atoms with Gasteiger partial charge in [0.05, 0.1) is 19.3 Å². The lowest BCUT2D eigenvalue weighted by molar-refractivity contribution is -0.117. The number of hydrogen-bond acceptors (Lipinski definition) is 6. The van der Waals surface area contributed by atoms with E-state index in [1.54, 1.807) is 7.11 Å². The van der Waals surface area contributed by atoms with Crippen LogP contribution in [0.25, 0.3) is 11.3 Å². The lowest BCUT2D eigenvalue weighted by atomic mass is 10.2. The molecule has 156 valence electrons. The number of rotatable bonds is 7. The largest absolute Gasteiger partial charge is 0.497 e. The molecule has 1 amide bonds. The zero-order chi connectivity index (χ0) is 20.8. The minimum absolute atomic E-state index is 0.00907. The molecule has 1 aromatic heterocycles. The van der Waals surface area contributed by atoms with Crippen molar-refractivity contribution in [3.63, 3.8) is 0 Å². The molecular weight excluding hydrogens is 396 g/mol. The van der Waals surface area contributed by atoms with Gasteiger partial charge in [-0.1, -0.05) is 42.5 Å². The second-order valence-electron chi connectivity index (χ2n) is 7.36. The number of anilines is 1. The SMILES string of the molecule is COc1cccc(CN2CCN(CC(=O)Nc3nc(-c4ccccc4)cs3)CC2)c1. The Kier molecular flexibility index (Phi) is 6.74. The van der Waals surface area contributed by atoms with Crippen LogP contribution in [-0.4, -0.2) is 60.5 Å². The van der Waals surface area contributed by atoms with Crippen molar-refractivity contribution < 1.29 is 9.53 Å². The number of amides is 1. The normalized spacial score (nSPS) is 15.1. The number of hydrogen-bond donors (Lipinski definition) is 1. The van der Waals surface area contributed by atoms with Crippen LogP contribution in [0.15, 0.2) is 60.0 Å². The Hall–Kier alpha value is -2.74. The lowest BCUT2D eigenvalue weighted by Gasteiger charge is -2.34. The Bertz CT molecular complexity index is 968. The number of carbonyl (C=O) groups excluding carboxylic acids is 1. The Morgan fingerprint density at radius 1 is 1.07 bits per heavy atom. The number of nitrogens with one attached hydrogen (secondary N) is 1. The van der Waals surface area contributed by atoms with Crippen LogP contribution in [-0.2, 0) is 11.3 Å². The van der Waals surface area contributed by atoms with Gasteiger partial charge in [-0.15, -0.1) is 11.3 Å². The van der Waals surface area contributed by atoms with Crippen LogP contribution in [0, 0.1) is 0 Å². The second kappa shape index (κ2) is 9.84. The van der Waals surface area contributed by atoms with Gasteiger partial charge in [0.1, 0.15) is 5.75 Å². The number of methoxy groups -OCH3 is 1. The van der Waals surface area contributed by atoms with Gasteiger partial charge < -0.3 is 10.1 Å². The standard InChI is InChI=1S/C23H26N4O2S/c1-29-20-9-5-6-18(14-20)15-26-10-12-27(13-11-26)16-22(28)25-23-24-21(17-30-23)19-7-3-2-4-8-19/h2-9,14,17H,10-13,15-16H2,1H3,(H,24,25,28). The van der Waals surface area contributed by atoms with Crippen molar-refractivity contribution in [1.82, 2.24) is 14.8 Å². The molecule has 0 bridgehead atoms. The molecule has 0 saturated carbocycles. The maximum Gasteiger partial charge on any atom is 0.240 e. The van der Waals surface area contributed by atoms with Gasteiger partial charge in [-0.25, -0.2) is 4.98 Å². The van der Waals surface area contributed by atoms with Crippen LogP contribution >= 0.6 is 11.3 Å². The van der Waals surface area contributed by atoms with Gasteiger partial charge in [0, 0.05) is 43.7 Å². The van der Waals surface area contributed by atoms with E-state index in [9.17, 15) is 4.79 Å². The van der Waals surface area contributed by atoms with Gasteiger partial charge in [0.2, 0.25) is 5.91 Å². The highest BCUT2D eigenvalue weighted by atomic mass is 32.1. The smallest absolute Gasteiger partial charge is 0.240 e. The zero-order valence-corrected chi connectivity index (χ0v) is 17.9. The minimum Gasteiger partial charge on any atom is -0.497 e. The molecule has 0 unspecified atom stereocenters. The van der Waals surface area contributed by atoms with Crippen molar-refractivity contribution in [2.75, 3.05) is 45.2 Å². The number of benzene rings is 2. The summed E-state index contributed by atoms with van der Waals surface area (Å²) in [4.78, 5) is 21.6. The van der Waals surface area contributed by atoms with Crippen LogP contribution in [0.2, 0.25) is 0 Å². The highest BCUT2D eigenvalue weighted by Gasteiger charge is 2.19. The summed E-state index contributed by atoms with van der Waals surface area (Å²) in [5.41, 5.74) is 3.20. The maximum atomic E-state index is 12.5. The Morgan fingerprint density at radius 3 is 2.60 bits per heavy atom. The molecule has 1 aliphatic heterocycles. The second-order valence-corrected chi connectivity index (χ2v) is 8.21. The fourth-order valence-corrected chi connectivity index (χ4v) is 4.30.